The van der Waals surface area contributed by atoms with Crippen molar-refractivity contribution in [2.75, 3.05) is 5.32 Å². The fraction of sp³-hybridized carbons (Fsp3) is 0.0909. The number of ether oxygens (including phenoxy) is 1. The zero-order chi connectivity index (χ0) is 20.4. The van der Waals surface area contributed by atoms with Gasteiger partial charge in [-0.15, -0.1) is 0 Å². The van der Waals surface area contributed by atoms with Gasteiger partial charge in [0.2, 0.25) is 0 Å². The van der Waals surface area contributed by atoms with Crippen molar-refractivity contribution in [2.24, 2.45) is 0 Å². The lowest BCUT2D eigenvalue weighted by molar-refractivity contribution is 0.102. The van der Waals surface area contributed by atoms with Gasteiger partial charge < -0.3 is 14.5 Å². The molecule has 0 aliphatic rings. The zero-order valence-corrected chi connectivity index (χ0v) is 15.5. The van der Waals surface area contributed by atoms with E-state index in [0.29, 0.717) is 11.8 Å². The van der Waals surface area contributed by atoms with Crippen LogP contribution in [0.1, 0.15) is 21.6 Å². The van der Waals surface area contributed by atoms with Crippen LogP contribution < -0.4 is 10.1 Å². The van der Waals surface area contributed by atoms with Crippen molar-refractivity contribution in [1.29, 1.82) is 0 Å². The van der Waals surface area contributed by atoms with E-state index in [2.05, 4.69) is 10.3 Å². The monoisotopic (exact) mass is 393 g/mol. The highest BCUT2D eigenvalue weighted by molar-refractivity contribution is 6.04. The molecule has 0 aliphatic heterocycles. The largest absolute Gasteiger partial charge is 0.487 e. The van der Waals surface area contributed by atoms with Crippen LogP contribution in [0.15, 0.2) is 67.0 Å². The molecule has 0 bridgehead atoms. The molecule has 146 valence electrons. The Morgan fingerprint density at radius 2 is 1.97 bits per heavy atom. The Morgan fingerprint density at radius 3 is 2.79 bits per heavy atom. The number of carbonyl (C=O) groups is 1. The van der Waals surface area contributed by atoms with E-state index in [0.717, 1.165) is 23.0 Å². The lowest BCUT2D eigenvalue weighted by Gasteiger charge is -2.09. The predicted octanol–water partition coefficient (Wildman–Crippen LogP) is 4.75. The molecule has 0 atom stereocenters. The molecule has 29 heavy (non-hydrogen) atoms. The lowest BCUT2D eigenvalue weighted by atomic mass is 10.2. The van der Waals surface area contributed by atoms with Gasteiger partial charge >= 0.3 is 0 Å². The number of hydrogen-bond acceptors (Lipinski definition) is 3. The van der Waals surface area contributed by atoms with E-state index >= 15 is 0 Å². The first-order valence-corrected chi connectivity index (χ1v) is 8.91. The van der Waals surface area contributed by atoms with Gasteiger partial charge in [0.15, 0.2) is 0 Å². The molecule has 0 saturated carbocycles. The zero-order valence-electron chi connectivity index (χ0n) is 15.5. The minimum absolute atomic E-state index is 0.0947. The first-order valence-electron chi connectivity index (χ1n) is 8.91. The number of nitrogens with zero attached hydrogens (tertiary/aromatic N) is 2. The second-order valence-corrected chi connectivity index (χ2v) is 6.60. The van der Waals surface area contributed by atoms with Crippen LogP contribution in [0, 0.1) is 18.6 Å². The third-order valence-electron chi connectivity index (χ3n) is 4.31. The van der Waals surface area contributed by atoms with Crippen molar-refractivity contribution in [2.45, 2.75) is 13.5 Å². The molecule has 0 fully saturated rings. The average Bonchev–Trinajstić information content (AvgIpc) is 3.10. The Balaban J connectivity index is 1.45. The smallest absolute Gasteiger partial charge is 0.255 e. The Hall–Kier alpha value is -3.74. The highest BCUT2D eigenvalue weighted by Crippen LogP contribution is 2.19. The number of halogens is 2. The summed E-state index contributed by atoms with van der Waals surface area (Å²) in [5.41, 5.74) is 2.89. The van der Waals surface area contributed by atoms with Gasteiger partial charge in [-0.3, -0.25) is 4.79 Å². The quantitative estimate of drug-likeness (QED) is 0.532. The maximum Gasteiger partial charge on any atom is 0.255 e. The molecule has 4 aromatic rings. The third kappa shape index (κ3) is 4.24. The molecule has 2 aromatic heterocycles. The third-order valence-corrected chi connectivity index (χ3v) is 4.31. The van der Waals surface area contributed by atoms with Gasteiger partial charge in [0.05, 0.1) is 11.4 Å². The predicted molar refractivity (Wildman–Crippen MR) is 105 cm³/mol. The number of aromatic nitrogens is 2. The Morgan fingerprint density at radius 1 is 1.10 bits per heavy atom. The number of pyridine rings is 1. The lowest BCUT2D eigenvalue weighted by Crippen LogP contribution is -2.13. The Labute approximate surface area is 165 Å². The first kappa shape index (κ1) is 18.6. The molecule has 1 N–H and O–H groups in total. The molecule has 0 spiro atoms. The molecule has 4 rings (SSSR count). The number of fused-ring (bicyclic) bond motifs is 1. The van der Waals surface area contributed by atoms with E-state index in [1.807, 2.05) is 35.9 Å². The standard InChI is InChI=1S/C22H17F2N3O2/c1-14-5-8-21-25-17(12-27(21)11-14)13-29-18-4-2-3-15(9-18)22(28)26-20-7-6-16(23)10-19(20)24/h2-12H,13H2,1H3,(H,26,28). The van der Waals surface area contributed by atoms with Crippen LogP contribution in [0.25, 0.3) is 5.65 Å². The van der Waals surface area contributed by atoms with Gasteiger partial charge in [0.25, 0.3) is 5.91 Å². The fourth-order valence-electron chi connectivity index (χ4n) is 2.89. The van der Waals surface area contributed by atoms with Crippen molar-refractivity contribution >= 4 is 17.2 Å². The molecule has 1 amide bonds. The normalized spacial score (nSPS) is 10.9. The van der Waals surface area contributed by atoms with Gasteiger partial charge in [-0.25, -0.2) is 13.8 Å². The summed E-state index contributed by atoms with van der Waals surface area (Å²) in [6, 6.07) is 13.4. The van der Waals surface area contributed by atoms with E-state index in [1.165, 1.54) is 6.07 Å². The summed E-state index contributed by atoms with van der Waals surface area (Å²) in [5.74, 6) is -1.60. The van der Waals surface area contributed by atoms with Crippen LogP contribution in [0.3, 0.4) is 0 Å². The van der Waals surface area contributed by atoms with Crippen molar-refractivity contribution in [3.63, 3.8) is 0 Å². The van der Waals surface area contributed by atoms with Crippen LogP contribution in [-0.4, -0.2) is 15.3 Å². The molecule has 0 saturated heterocycles. The highest BCUT2D eigenvalue weighted by Gasteiger charge is 2.11. The molecule has 5 nitrogen and oxygen atoms in total. The average molecular weight is 393 g/mol. The molecule has 7 heteroatoms. The summed E-state index contributed by atoms with van der Waals surface area (Å²) in [6.07, 6.45) is 3.86. The molecule has 0 aliphatic carbocycles. The van der Waals surface area contributed by atoms with E-state index in [9.17, 15) is 13.6 Å². The first-order chi connectivity index (χ1) is 14.0. The SMILES string of the molecule is Cc1ccc2nc(COc3cccc(C(=O)Nc4ccc(F)cc4F)c3)cn2c1. The summed E-state index contributed by atoms with van der Waals surface area (Å²) >= 11 is 0. The second-order valence-electron chi connectivity index (χ2n) is 6.60. The van der Waals surface area contributed by atoms with Crippen LogP contribution in [-0.2, 0) is 6.61 Å². The van der Waals surface area contributed by atoms with Crippen molar-refractivity contribution in [3.8, 4) is 5.75 Å². The van der Waals surface area contributed by atoms with E-state index < -0.39 is 17.5 Å². The minimum atomic E-state index is -0.840. The van der Waals surface area contributed by atoms with Crippen LogP contribution >= 0.6 is 0 Å². The van der Waals surface area contributed by atoms with Gasteiger partial charge in [0, 0.05) is 24.0 Å². The van der Waals surface area contributed by atoms with Crippen LogP contribution in [0.2, 0.25) is 0 Å². The Kier molecular flexibility index (Phi) is 4.95. The number of nitrogens with one attached hydrogen (secondary N) is 1. The Bertz CT molecular complexity index is 1200. The molecule has 2 aromatic carbocycles. The van der Waals surface area contributed by atoms with Gasteiger partial charge in [-0.1, -0.05) is 12.1 Å². The number of benzene rings is 2. The topological polar surface area (TPSA) is 55.6 Å². The molecule has 0 unspecified atom stereocenters. The number of amides is 1. The molecular weight excluding hydrogens is 376 g/mol. The van der Waals surface area contributed by atoms with E-state index in [-0.39, 0.29) is 17.9 Å². The van der Waals surface area contributed by atoms with Crippen molar-refractivity contribution < 1.29 is 18.3 Å². The number of hydrogen-bond donors (Lipinski definition) is 1. The summed E-state index contributed by atoms with van der Waals surface area (Å²) in [6.45, 7) is 2.24. The van der Waals surface area contributed by atoms with Crippen LogP contribution in [0.5, 0.6) is 5.75 Å². The summed E-state index contributed by atoms with van der Waals surface area (Å²) < 4.78 is 34.4. The van der Waals surface area contributed by atoms with Gasteiger partial charge in [-0.2, -0.15) is 0 Å². The van der Waals surface area contributed by atoms with Gasteiger partial charge in [0.1, 0.15) is 29.6 Å². The summed E-state index contributed by atoms with van der Waals surface area (Å²) in [5, 5.41) is 2.43. The maximum absolute atomic E-state index is 13.7. The summed E-state index contributed by atoms with van der Waals surface area (Å²) in [4.78, 5) is 16.9. The van der Waals surface area contributed by atoms with Crippen molar-refractivity contribution in [3.05, 3.63) is 95.4 Å². The molecule has 2 heterocycles. The van der Waals surface area contributed by atoms with Gasteiger partial charge in [-0.05, 0) is 48.9 Å². The van der Waals surface area contributed by atoms with E-state index in [4.69, 9.17) is 4.74 Å². The second kappa shape index (κ2) is 7.71. The fourth-order valence-corrected chi connectivity index (χ4v) is 2.89. The number of carbonyl (C=O) groups excluding carboxylic acids is 1. The van der Waals surface area contributed by atoms with Crippen LogP contribution in [0.4, 0.5) is 14.5 Å². The number of imidazole rings is 1. The van der Waals surface area contributed by atoms with Crippen molar-refractivity contribution in [1.82, 2.24) is 9.38 Å². The molecular formula is C22H17F2N3O2. The summed E-state index contributed by atoms with van der Waals surface area (Å²) in [7, 11) is 0. The number of rotatable bonds is 5. The minimum Gasteiger partial charge on any atom is -0.487 e. The molecule has 0 radical (unpaired) electrons. The maximum atomic E-state index is 13.7. The number of aryl methyl sites for hydroxylation is 1. The van der Waals surface area contributed by atoms with E-state index in [1.54, 1.807) is 24.3 Å². The highest BCUT2D eigenvalue weighted by atomic mass is 19.1. The number of anilines is 1.